The molecule has 0 radical (unpaired) electrons. The molecule has 0 aromatic heterocycles. The monoisotopic (exact) mass is 274 g/mol. The summed E-state index contributed by atoms with van der Waals surface area (Å²) in [4.78, 5) is 0. The van der Waals surface area contributed by atoms with Crippen LogP contribution in [0.15, 0.2) is 0 Å². The highest BCUT2D eigenvalue weighted by Crippen LogP contribution is 2.22. The Bertz CT molecular complexity index is 308. The second-order valence-corrected chi connectivity index (χ2v) is 8.51. The highest BCUT2D eigenvalue weighted by Gasteiger charge is 2.19. The van der Waals surface area contributed by atoms with Gasteiger partial charge in [0.1, 0.15) is 9.84 Å². The molecule has 0 heterocycles. The maximum atomic E-state index is 11.7. The Morgan fingerprint density at radius 3 is 1.56 bits per heavy atom. The van der Waals surface area contributed by atoms with Gasteiger partial charge in [0.2, 0.25) is 0 Å². The Morgan fingerprint density at radius 2 is 1.11 bits per heavy atom. The van der Waals surface area contributed by atoms with Gasteiger partial charge < -0.3 is 0 Å². The molecular weight excluding hydrogens is 244 g/mol. The lowest BCUT2D eigenvalue weighted by atomic mass is 9.97. The van der Waals surface area contributed by atoms with Crippen molar-refractivity contribution in [2.45, 2.75) is 82.8 Å². The van der Waals surface area contributed by atoms with Crippen LogP contribution in [0, 0.1) is 5.92 Å². The molecule has 2 nitrogen and oxygen atoms in total. The molecule has 1 fully saturated rings. The fraction of sp³-hybridized carbons (Fsp3) is 1.00. The Hall–Kier alpha value is -0.0500. The molecule has 2 atom stereocenters. The first kappa shape index (κ1) is 16.0. The van der Waals surface area contributed by atoms with Gasteiger partial charge in [-0.2, -0.15) is 0 Å². The van der Waals surface area contributed by atoms with Crippen LogP contribution >= 0.6 is 0 Å². The summed E-state index contributed by atoms with van der Waals surface area (Å²) in [5.74, 6) is 0.858. The smallest absolute Gasteiger partial charge is 0.150 e. The number of sulfone groups is 1. The van der Waals surface area contributed by atoms with E-state index >= 15 is 0 Å². The Labute approximate surface area is 113 Å². The third-order valence-corrected chi connectivity index (χ3v) is 5.98. The van der Waals surface area contributed by atoms with E-state index in [2.05, 4.69) is 6.92 Å². The molecule has 2 unspecified atom stereocenters. The van der Waals surface area contributed by atoms with Gasteiger partial charge >= 0.3 is 0 Å². The highest BCUT2D eigenvalue weighted by atomic mass is 32.2. The van der Waals surface area contributed by atoms with E-state index in [1.807, 2.05) is 0 Å². The van der Waals surface area contributed by atoms with Crippen molar-refractivity contribution in [3.63, 3.8) is 0 Å². The lowest BCUT2D eigenvalue weighted by molar-refractivity contribution is 0.439. The molecule has 1 aliphatic rings. The highest BCUT2D eigenvalue weighted by molar-refractivity contribution is 7.91. The summed E-state index contributed by atoms with van der Waals surface area (Å²) in [5, 5.41) is -0.0734. The molecule has 1 rings (SSSR count). The van der Waals surface area contributed by atoms with Crippen molar-refractivity contribution < 1.29 is 8.42 Å². The van der Waals surface area contributed by atoms with E-state index in [-0.39, 0.29) is 5.25 Å². The van der Waals surface area contributed by atoms with Gasteiger partial charge in [-0.15, -0.1) is 0 Å². The second kappa shape index (κ2) is 8.19. The summed E-state index contributed by atoms with van der Waals surface area (Å²) in [6, 6.07) is 0. The van der Waals surface area contributed by atoms with Crippen LogP contribution < -0.4 is 0 Å². The average Bonchev–Trinajstić information content (AvgIpc) is 2.29. The van der Waals surface area contributed by atoms with Gasteiger partial charge in [0.05, 0.1) is 5.25 Å². The van der Waals surface area contributed by atoms with E-state index in [0.717, 1.165) is 31.6 Å². The molecule has 0 aromatic carbocycles. The SMILES string of the molecule is CC1CCCCCCC(S(C)(=O)=O)CCCCC1. The molecular formula is C15H30O2S. The van der Waals surface area contributed by atoms with E-state index in [0.29, 0.717) is 0 Å². The molecule has 108 valence electrons. The standard InChI is InChI=1S/C15H30O2S/c1-14-10-6-3-4-8-12-15(18(2,16)17)13-9-5-7-11-14/h14-15H,3-13H2,1-2H3. The zero-order chi connectivity index (χ0) is 13.4. The molecule has 1 saturated carbocycles. The van der Waals surface area contributed by atoms with Crippen LogP contribution in [0.3, 0.4) is 0 Å². The van der Waals surface area contributed by atoms with Gasteiger partial charge in [-0.05, 0) is 18.8 Å². The van der Waals surface area contributed by atoms with E-state index in [4.69, 9.17) is 0 Å². The minimum atomic E-state index is -2.83. The summed E-state index contributed by atoms with van der Waals surface area (Å²) in [5.41, 5.74) is 0. The van der Waals surface area contributed by atoms with Crippen LogP contribution in [0.4, 0.5) is 0 Å². The summed E-state index contributed by atoms with van der Waals surface area (Å²) in [6.45, 7) is 2.36. The molecule has 0 N–H and O–H groups in total. The second-order valence-electron chi connectivity index (χ2n) is 6.19. The van der Waals surface area contributed by atoms with Crippen LogP contribution in [-0.2, 0) is 9.84 Å². The zero-order valence-electron chi connectivity index (χ0n) is 12.2. The van der Waals surface area contributed by atoms with Crippen molar-refractivity contribution in [1.82, 2.24) is 0 Å². The molecule has 0 aliphatic heterocycles. The van der Waals surface area contributed by atoms with Crippen LogP contribution in [-0.4, -0.2) is 19.9 Å². The molecule has 1 aliphatic carbocycles. The first-order valence-corrected chi connectivity index (χ1v) is 9.64. The van der Waals surface area contributed by atoms with E-state index in [1.165, 1.54) is 51.2 Å². The van der Waals surface area contributed by atoms with Crippen molar-refractivity contribution in [2.24, 2.45) is 5.92 Å². The molecule has 0 spiro atoms. The van der Waals surface area contributed by atoms with Gasteiger partial charge in [0.15, 0.2) is 0 Å². The molecule has 0 amide bonds. The van der Waals surface area contributed by atoms with Crippen molar-refractivity contribution in [1.29, 1.82) is 0 Å². The largest absolute Gasteiger partial charge is 0.229 e. The van der Waals surface area contributed by atoms with Crippen LogP contribution in [0.2, 0.25) is 0 Å². The fourth-order valence-electron chi connectivity index (χ4n) is 2.98. The first-order valence-electron chi connectivity index (χ1n) is 7.69. The van der Waals surface area contributed by atoms with Crippen LogP contribution in [0.5, 0.6) is 0 Å². The average molecular weight is 274 g/mol. The molecule has 0 bridgehead atoms. The van der Waals surface area contributed by atoms with E-state index < -0.39 is 9.84 Å². The molecule has 0 saturated heterocycles. The van der Waals surface area contributed by atoms with Crippen molar-refractivity contribution in [2.75, 3.05) is 6.26 Å². The van der Waals surface area contributed by atoms with Gasteiger partial charge in [-0.3, -0.25) is 0 Å². The Kier molecular flexibility index (Phi) is 7.28. The maximum Gasteiger partial charge on any atom is 0.150 e. The van der Waals surface area contributed by atoms with Crippen molar-refractivity contribution in [3.8, 4) is 0 Å². The number of rotatable bonds is 1. The Morgan fingerprint density at radius 1 is 0.722 bits per heavy atom. The van der Waals surface area contributed by atoms with E-state index in [1.54, 1.807) is 0 Å². The Balaban J connectivity index is 2.46. The topological polar surface area (TPSA) is 34.1 Å². The number of hydrogen-bond donors (Lipinski definition) is 0. The summed E-state index contributed by atoms with van der Waals surface area (Å²) < 4.78 is 23.4. The molecule has 3 heteroatoms. The zero-order valence-corrected chi connectivity index (χ0v) is 13.0. The minimum absolute atomic E-state index is 0.0734. The van der Waals surface area contributed by atoms with E-state index in [9.17, 15) is 8.42 Å². The predicted octanol–water partition coefficient (Wildman–Crippen LogP) is 4.34. The maximum absolute atomic E-state index is 11.7. The van der Waals surface area contributed by atoms with Gasteiger partial charge in [0.25, 0.3) is 0 Å². The first-order chi connectivity index (χ1) is 8.50. The molecule has 0 aromatic rings. The normalized spacial score (nSPS) is 29.9. The summed E-state index contributed by atoms with van der Waals surface area (Å²) >= 11 is 0. The van der Waals surface area contributed by atoms with Crippen molar-refractivity contribution >= 4 is 9.84 Å². The van der Waals surface area contributed by atoms with Gasteiger partial charge in [-0.25, -0.2) is 8.42 Å². The van der Waals surface area contributed by atoms with Crippen LogP contribution in [0.25, 0.3) is 0 Å². The molecule has 18 heavy (non-hydrogen) atoms. The van der Waals surface area contributed by atoms with Gasteiger partial charge in [0, 0.05) is 6.26 Å². The summed E-state index contributed by atoms with van der Waals surface area (Å²) in [7, 11) is -2.83. The third-order valence-electron chi connectivity index (χ3n) is 4.30. The van der Waals surface area contributed by atoms with Crippen LogP contribution in [0.1, 0.15) is 77.6 Å². The quantitative estimate of drug-likeness (QED) is 0.712. The summed E-state index contributed by atoms with van der Waals surface area (Å²) in [6.07, 6.45) is 14.3. The lowest BCUT2D eigenvalue weighted by Crippen LogP contribution is -2.19. The minimum Gasteiger partial charge on any atom is -0.229 e. The fourth-order valence-corrected chi connectivity index (χ4v) is 4.17. The van der Waals surface area contributed by atoms with Crippen molar-refractivity contribution in [3.05, 3.63) is 0 Å². The number of hydrogen-bond acceptors (Lipinski definition) is 2. The van der Waals surface area contributed by atoms with Gasteiger partial charge in [-0.1, -0.05) is 64.7 Å². The third kappa shape index (κ3) is 6.77. The predicted molar refractivity (Wildman–Crippen MR) is 78.6 cm³/mol. The lowest BCUT2D eigenvalue weighted by Gasteiger charge is -2.14.